The minimum atomic E-state index is -4.67. The smallest absolute Gasteiger partial charge is 0.348 e. The first-order valence-electron chi connectivity index (χ1n) is 7.71. The van der Waals surface area contributed by atoms with Gasteiger partial charge in [-0.3, -0.25) is 4.79 Å². The Bertz CT molecular complexity index is 933. The molecule has 2 N–H and O–H groups in total. The third-order valence-corrected chi connectivity index (χ3v) is 5.76. The van der Waals surface area contributed by atoms with Crippen molar-refractivity contribution in [1.82, 2.24) is 10.0 Å². The second kappa shape index (κ2) is 8.41. The third-order valence-electron chi connectivity index (χ3n) is 3.64. The van der Waals surface area contributed by atoms with Gasteiger partial charge in [0.15, 0.2) is 0 Å². The number of carbonyl (C=O) groups excluding carboxylic acids is 1. The number of carbonyl (C=O) groups is 1. The Labute approximate surface area is 163 Å². The lowest BCUT2D eigenvalue weighted by Crippen LogP contribution is -2.38. The zero-order valence-corrected chi connectivity index (χ0v) is 16.5. The summed E-state index contributed by atoms with van der Waals surface area (Å²) in [6.07, 6.45) is -4.67. The molecule has 0 aliphatic carbocycles. The number of nitrogens with one attached hydrogen (secondary N) is 2. The fourth-order valence-electron chi connectivity index (χ4n) is 2.28. The van der Waals surface area contributed by atoms with Crippen LogP contribution in [0.1, 0.15) is 24.1 Å². The van der Waals surface area contributed by atoms with E-state index in [1.165, 1.54) is 0 Å². The number of halogens is 4. The zero-order chi connectivity index (χ0) is 20.2. The van der Waals surface area contributed by atoms with E-state index >= 15 is 0 Å². The van der Waals surface area contributed by atoms with Crippen LogP contribution in [0, 0.1) is 0 Å². The lowest BCUT2D eigenvalue weighted by atomic mass is 10.1. The number of rotatable bonds is 6. The van der Waals surface area contributed by atoms with Crippen LogP contribution in [0.15, 0.2) is 57.9 Å². The summed E-state index contributed by atoms with van der Waals surface area (Å²) in [7, 11) is -4.27. The highest BCUT2D eigenvalue weighted by Gasteiger charge is 2.31. The standard InChI is InChI=1S/C17H16BrF3N2O3S/c1-11(14-7-2-3-8-15(14)18)23-16(24)10-22-27(25,26)13-6-4-5-12(9-13)17(19,20)21/h2-9,11,22H,10H2,1H3,(H,23,24). The summed E-state index contributed by atoms with van der Waals surface area (Å²) in [6, 6.07) is 10.1. The molecule has 0 fully saturated rings. The summed E-state index contributed by atoms with van der Waals surface area (Å²) in [5.74, 6) is -0.617. The molecule has 1 unspecified atom stereocenters. The summed E-state index contributed by atoms with van der Waals surface area (Å²) in [4.78, 5) is 11.4. The average molecular weight is 465 g/mol. The molecule has 0 saturated carbocycles. The van der Waals surface area contributed by atoms with Crippen LogP contribution in [0.4, 0.5) is 13.2 Å². The van der Waals surface area contributed by atoms with Gasteiger partial charge in [-0.15, -0.1) is 0 Å². The number of hydrogen-bond acceptors (Lipinski definition) is 3. The van der Waals surface area contributed by atoms with Gasteiger partial charge in [-0.1, -0.05) is 40.2 Å². The summed E-state index contributed by atoms with van der Waals surface area (Å²) in [5, 5.41) is 2.62. The maximum absolute atomic E-state index is 12.7. The fourth-order valence-corrected chi connectivity index (χ4v) is 3.94. The van der Waals surface area contributed by atoms with E-state index in [0.717, 1.165) is 28.2 Å². The van der Waals surface area contributed by atoms with Gasteiger partial charge in [0.05, 0.1) is 23.0 Å². The Morgan fingerprint density at radius 3 is 2.44 bits per heavy atom. The molecule has 2 aromatic rings. The SMILES string of the molecule is CC(NC(=O)CNS(=O)(=O)c1cccc(C(F)(F)F)c1)c1ccccc1Br. The molecule has 1 amide bonds. The molecule has 2 aromatic carbocycles. The molecule has 0 saturated heterocycles. The molecule has 1 atom stereocenters. The van der Waals surface area contributed by atoms with Gasteiger partial charge in [-0.05, 0) is 36.8 Å². The maximum atomic E-state index is 12.7. The molecule has 0 aromatic heterocycles. The van der Waals surface area contributed by atoms with E-state index in [-0.39, 0.29) is 0 Å². The van der Waals surface area contributed by atoms with E-state index in [4.69, 9.17) is 0 Å². The molecule has 2 rings (SSSR count). The van der Waals surface area contributed by atoms with Crippen molar-refractivity contribution < 1.29 is 26.4 Å². The van der Waals surface area contributed by atoms with Crippen LogP contribution in [-0.2, 0) is 21.0 Å². The Morgan fingerprint density at radius 1 is 1.15 bits per heavy atom. The summed E-state index contributed by atoms with van der Waals surface area (Å²) >= 11 is 3.36. The lowest BCUT2D eigenvalue weighted by Gasteiger charge is -2.16. The van der Waals surface area contributed by atoms with E-state index in [0.29, 0.717) is 6.07 Å². The van der Waals surface area contributed by atoms with Crippen molar-refractivity contribution in [1.29, 1.82) is 0 Å². The van der Waals surface area contributed by atoms with Crippen LogP contribution in [0.5, 0.6) is 0 Å². The van der Waals surface area contributed by atoms with Crippen molar-refractivity contribution in [2.75, 3.05) is 6.54 Å². The van der Waals surface area contributed by atoms with Gasteiger partial charge in [0, 0.05) is 4.47 Å². The molecule has 0 aliphatic heterocycles. The van der Waals surface area contributed by atoms with Gasteiger partial charge in [0.2, 0.25) is 15.9 Å². The molecule has 5 nitrogen and oxygen atoms in total. The van der Waals surface area contributed by atoms with Crippen LogP contribution in [-0.4, -0.2) is 20.9 Å². The van der Waals surface area contributed by atoms with E-state index in [1.807, 2.05) is 10.8 Å². The van der Waals surface area contributed by atoms with Crippen molar-refractivity contribution in [3.63, 3.8) is 0 Å². The number of sulfonamides is 1. The van der Waals surface area contributed by atoms with E-state index in [2.05, 4.69) is 21.2 Å². The van der Waals surface area contributed by atoms with Gasteiger partial charge in [0.25, 0.3) is 0 Å². The first kappa shape index (κ1) is 21.4. The van der Waals surface area contributed by atoms with Gasteiger partial charge >= 0.3 is 6.18 Å². The molecule has 146 valence electrons. The van der Waals surface area contributed by atoms with Crippen molar-refractivity contribution in [2.24, 2.45) is 0 Å². The highest BCUT2D eigenvalue weighted by molar-refractivity contribution is 9.10. The molecule has 0 spiro atoms. The average Bonchev–Trinajstić information content (AvgIpc) is 2.60. The van der Waals surface area contributed by atoms with Gasteiger partial charge in [-0.25, -0.2) is 13.1 Å². The lowest BCUT2D eigenvalue weighted by molar-refractivity contribution is -0.137. The van der Waals surface area contributed by atoms with Crippen molar-refractivity contribution in [3.05, 3.63) is 64.1 Å². The Balaban J connectivity index is 2.03. The summed E-state index contributed by atoms with van der Waals surface area (Å²) in [6.45, 7) is 1.12. The number of alkyl halides is 3. The topological polar surface area (TPSA) is 75.3 Å². The van der Waals surface area contributed by atoms with Gasteiger partial charge in [-0.2, -0.15) is 13.2 Å². The van der Waals surface area contributed by atoms with Crippen LogP contribution >= 0.6 is 15.9 Å². The molecule has 0 heterocycles. The van der Waals surface area contributed by atoms with Crippen molar-refractivity contribution in [3.8, 4) is 0 Å². The molecule has 0 bridgehead atoms. The van der Waals surface area contributed by atoms with E-state index < -0.39 is 45.2 Å². The Morgan fingerprint density at radius 2 is 1.81 bits per heavy atom. The van der Waals surface area contributed by atoms with Crippen LogP contribution in [0.2, 0.25) is 0 Å². The van der Waals surface area contributed by atoms with E-state index in [9.17, 15) is 26.4 Å². The molecular weight excluding hydrogens is 449 g/mol. The van der Waals surface area contributed by atoms with Crippen molar-refractivity contribution in [2.45, 2.75) is 24.0 Å². The molecule has 27 heavy (non-hydrogen) atoms. The minimum Gasteiger partial charge on any atom is -0.348 e. The predicted molar refractivity (Wildman–Crippen MR) is 97.3 cm³/mol. The molecule has 10 heteroatoms. The minimum absolute atomic E-state index is 0.397. The predicted octanol–water partition coefficient (Wildman–Crippen LogP) is 3.62. The number of hydrogen-bond donors (Lipinski definition) is 2. The fraction of sp³-hybridized carbons (Fsp3) is 0.235. The first-order chi connectivity index (χ1) is 12.5. The highest BCUT2D eigenvalue weighted by atomic mass is 79.9. The maximum Gasteiger partial charge on any atom is 0.416 e. The second-order valence-electron chi connectivity index (χ2n) is 5.66. The van der Waals surface area contributed by atoms with Crippen LogP contribution in [0.25, 0.3) is 0 Å². The largest absolute Gasteiger partial charge is 0.416 e. The second-order valence-corrected chi connectivity index (χ2v) is 8.28. The Kier molecular flexibility index (Phi) is 6.66. The number of amides is 1. The zero-order valence-electron chi connectivity index (χ0n) is 14.0. The van der Waals surface area contributed by atoms with Crippen LogP contribution in [0.3, 0.4) is 0 Å². The Hall–Kier alpha value is -1.91. The monoisotopic (exact) mass is 464 g/mol. The third kappa shape index (κ3) is 5.78. The number of benzene rings is 2. The summed E-state index contributed by atoms with van der Waals surface area (Å²) in [5.41, 5.74) is -0.288. The summed E-state index contributed by atoms with van der Waals surface area (Å²) < 4.78 is 65.3. The molecule has 0 aliphatic rings. The highest BCUT2D eigenvalue weighted by Crippen LogP contribution is 2.30. The van der Waals surface area contributed by atoms with E-state index in [1.54, 1.807) is 25.1 Å². The quantitative estimate of drug-likeness (QED) is 0.685. The first-order valence-corrected chi connectivity index (χ1v) is 9.99. The van der Waals surface area contributed by atoms with Gasteiger partial charge in [0.1, 0.15) is 0 Å². The van der Waals surface area contributed by atoms with Crippen molar-refractivity contribution >= 4 is 31.9 Å². The molecular formula is C17H16BrF3N2O3S. The normalized spacial score (nSPS) is 13.2. The van der Waals surface area contributed by atoms with Gasteiger partial charge < -0.3 is 5.32 Å². The molecule has 0 radical (unpaired) electrons. The van der Waals surface area contributed by atoms with Crippen LogP contribution < -0.4 is 10.0 Å².